The number of nitrogens with one attached hydrogen (secondary N) is 2. The topological polar surface area (TPSA) is 77.4 Å². The van der Waals surface area contributed by atoms with Gasteiger partial charge in [0.15, 0.2) is 12.3 Å². The highest BCUT2D eigenvalue weighted by Gasteiger charge is 2.15. The lowest BCUT2D eigenvalue weighted by Gasteiger charge is -2.14. The van der Waals surface area contributed by atoms with Crippen LogP contribution in [0.1, 0.15) is 5.76 Å². The number of carbonyl (C=O) groups is 1. The number of quaternary nitrogens is 1. The Bertz CT molecular complexity index is 802. The van der Waals surface area contributed by atoms with Crippen LogP contribution in [-0.2, 0) is 11.3 Å². The number of aromatic nitrogens is 3. The third-order valence-electron chi connectivity index (χ3n) is 3.42. The lowest BCUT2D eigenvalue weighted by atomic mass is 10.2. The van der Waals surface area contributed by atoms with E-state index in [-0.39, 0.29) is 5.91 Å². The zero-order chi connectivity index (χ0) is 16.9. The monoisotopic (exact) mass is 346 g/mol. The SMILES string of the molecule is C[NH+](CC(=O)Nc1cc(Cl)ccc1-n1cncn1)Cc1ccco1. The third-order valence-corrected chi connectivity index (χ3v) is 3.65. The number of likely N-dealkylation sites (N-methyl/N-ethyl adjacent to an activating group) is 1. The Kier molecular flexibility index (Phi) is 4.93. The average Bonchev–Trinajstić information content (AvgIpc) is 3.20. The molecule has 1 aromatic carbocycles. The van der Waals surface area contributed by atoms with Gasteiger partial charge in [0.25, 0.3) is 5.91 Å². The van der Waals surface area contributed by atoms with Crippen LogP contribution in [0.5, 0.6) is 0 Å². The van der Waals surface area contributed by atoms with Gasteiger partial charge in [-0.05, 0) is 30.3 Å². The molecule has 0 aliphatic rings. The second kappa shape index (κ2) is 7.29. The zero-order valence-corrected chi connectivity index (χ0v) is 13.8. The molecule has 0 radical (unpaired) electrons. The standard InChI is InChI=1S/C16H16ClN5O2/c1-21(8-13-3-2-6-24-13)9-16(23)20-14-7-12(17)4-5-15(14)22-11-18-10-19-22/h2-7,10-11H,8-9H2,1H3,(H,20,23)/p+1. The fraction of sp³-hybridized carbons (Fsp3) is 0.188. The Morgan fingerprint density at radius 2 is 2.29 bits per heavy atom. The molecule has 1 unspecified atom stereocenters. The molecule has 2 heterocycles. The van der Waals surface area contributed by atoms with Crippen molar-refractivity contribution in [3.8, 4) is 5.69 Å². The molecule has 8 heteroatoms. The lowest BCUT2D eigenvalue weighted by molar-refractivity contribution is -0.886. The van der Waals surface area contributed by atoms with Gasteiger partial charge in [0.1, 0.15) is 19.2 Å². The van der Waals surface area contributed by atoms with E-state index in [2.05, 4.69) is 15.4 Å². The maximum Gasteiger partial charge on any atom is 0.279 e. The van der Waals surface area contributed by atoms with Crippen LogP contribution in [0.2, 0.25) is 5.02 Å². The molecule has 1 atom stereocenters. The largest absolute Gasteiger partial charge is 0.463 e. The molecule has 0 spiro atoms. The van der Waals surface area contributed by atoms with Gasteiger partial charge >= 0.3 is 0 Å². The van der Waals surface area contributed by atoms with E-state index in [0.29, 0.717) is 29.5 Å². The van der Waals surface area contributed by atoms with Crippen molar-refractivity contribution in [2.45, 2.75) is 6.54 Å². The van der Waals surface area contributed by atoms with Crippen LogP contribution in [0.15, 0.2) is 53.7 Å². The molecular weight excluding hydrogens is 330 g/mol. The second-order valence-corrected chi connectivity index (χ2v) is 5.88. The Morgan fingerprint density at radius 1 is 1.42 bits per heavy atom. The molecule has 1 amide bonds. The van der Waals surface area contributed by atoms with Gasteiger partial charge in [0.05, 0.1) is 24.7 Å². The van der Waals surface area contributed by atoms with Crippen molar-refractivity contribution in [3.63, 3.8) is 0 Å². The van der Waals surface area contributed by atoms with E-state index in [0.717, 1.165) is 10.7 Å². The minimum Gasteiger partial charge on any atom is -0.463 e. The van der Waals surface area contributed by atoms with Crippen LogP contribution in [0, 0.1) is 0 Å². The normalized spacial score (nSPS) is 12.1. The van der Waals surface area contributed by atoms with E-state index < -0.39 is 0 Å². The fourth-order valence-corrected chi connectivity index (χ4v) is 2.55. The van der Waals surface area contributed by atoms with Gasteiger partial charge in [-0.25, -0.2) is 9.67 Å². The van der Waals surface area contributed by atoms with E-state index in [1.54, 1.807) is 35.5 Å². The van der Waals surface area contributed by atoms with Gasteiger partial charge in [-0.1, -0.05) is 11.6 Å². The van der Waals surface area contributed by atoms with Gasteiger partial charge in [-0.3, -0.25) is 4.79 Å². The summed E-state index contributed by atoms with van der Waals surface area (Å²) in [6, 6.07) is 8.94. The molecule has 2 aromatic heterocycles. The van der Waals surface area contributed by atoms with Crippen molar-refractivity contribution in [2.75, 3.05) is 18.9 Å². The van der Waals surface area contributed by atoms with Crippen molar-refractivity contribution in [2.24, 2.45) is 0 Å². The first-order valence-corrected chi connectivity index (χ1v) is 7.77. The number of carbonyl (C=O) groups excluding carboxylic acids is 1. The number of hydrogen-bond donors (Lipinski definition) is 2. The minimum atomic E-state index is -0.123. The second-order valence-electron chi connectivity index (χ2n) is 5.44. The first-order chi connectivity index (χ1) is 11.6. The van der Waals surface area contributed by atoms with Crippen LogP contribution in [0.3, 0.4) is 0 Å². The average molecular weight is 347 g/mol. The molecule has 7 nitrogen and oxygen atoms in total. The van der Waals surface area contributed by atoms with Gasteiger partial charge < -0.3 is 14.6 Å². The molecule has 0 fully saturated rings. The minimum absolute atomic E-state index is 0.123. The number of halogens is 1. The number of nitrogens with zero attached hydrogens (tertiary/aromatic N) is 3. The first kappa shape index (κ1) is 16.2. The van der Waals surface area contributed by atoms with Crippen molar-refractivity contribution in [3.05, 3.63) is 60.0 Å². The Hall–Kier alpha value is -2.64. The Morgan fingerprint density at radius 3 is 3.00 bits per heavy atom. The molecule has 0 aliphatic carbocycles. The molecule has 0 saturated carbocycles. The quantitative estimate of drug-likeness (QED) is 0.702. The highest BCUT2D eigenvalue weighted by atomic mass is 35.5. The van der Waals surface area contributed by atoms with Gasteiger partial charge in [-0.15, -0.1) is 0 Å². The van der Waals surface area contributed by atoms with Crippen LogP contribution in [-0.4, -0.2) is 34.3 Å². The summed E-state index contributed by atoms with van der Waals surface area (Å²) in [5, 5.41) is 7.51. The van der Waals surface area contributed by atoms with Crippen LogP contribution in [0.25, 0.3) is 5.69 Å². The lowest BCUT2D eigenvalue weighted by Crippen LogP contribution is -3.08. The van der Waals surface area contributed by atoms with Crippen molar-refractivity contribution in [1.29, 1.82) is 0 Å². The molecule has 3 rings (SSSR count). The zero-order valence-electron chi connectivity index (χ0n) is 13.1. The molecule has 0 bridgehead atoms. The summed E-state index contributed by atoms with van der Waals surface area (Å²) in [4.78, 5) is 17.3. The third kappa shape index (κ3) is 4.01. The smallest absolute Gasteiger partial charge is 0.279 e. The Labute approximate surface area is 143 Å². The van der Waals surface area contributed by atoms with E-state index in [9.17, 15) is 4.79 Å². The fourth-order valence-electron chi connectivity index (χ4n) is 2.38. The summed E-state index contributed by atoms with van der Waals surface area (Å²) in [6.07, 6.45) is 4.62. The van der Waals surface area contributed by atoms with Gasteiger partial charge in [0, 0.05) is 5.02 Å². The molecule has 124 valence electrons. The van der Waals surface area contributed by atoms with Crippen molar-refractivity contribution < 1.29 is 14.1 Å². The maximum absolute atomic E-state index is 12.3. The summed E-state index contributed by atoms with van der Waals surface area (Å²) < 4.78 is 6.87. The highest BCUT2D eigenvalue weighted by Crippen LogP contribution is 2.23. The van der Waals surface area contributed by atoms with Crippen LogP contribution < -0.4 is 10.2 Å². The Balaban J connectivity index is 1.69. The first-order valence-electron chi connectivity index (χ1n) is 7.40. The van der Waals surface area contributed by atoms with Crippen molar-refractivity contribution in [1.82, 2.24) is 14.8 Å². The number of rotatable bonds is 6. The molecule has 0 aliphatic heterocycles. The van der Waals surface area contributed by atoms with E-state index in [1.807, 2.05) is 19.2 Å². The molecule has 0 saturated heterocycles. The van der Waals surface area contributed by atoms with Crippen LogP contribution >= 0.6 is 11.6 Å². The van der Waals surface area contributed by atoms with Crippen molar-refractivity contribution >= 4 is 23.2 Å². The van der Waals surface area contributed by atoms with Gasteiger partial charge in [0.2, 0.25) is 0 Å². The summed E-state index contributed by atoms with van der Waals surface area (Å²) >= 11 is 6.05. The summed E-state index contributed by atoms with van der Waals surface area (Å²) in [7, 11) is 1.93. The van der Waals surface area contributed by atoms with E-state index >= 15 is 0 Å². The number of anilines is 1. The predicted molar refractivity (Wildman–Crippen MR) is 89.2 cm³/mol. The number of amides is 1. The number of hydrogen-bond acceptors (Lipinski definition) is 4. The highest BCUT2D eigenvalue weighted by molar-refractivity contribution is 6.31. The summed E-state index contributed by atoms with van der Waals surface area (Å²) in [6.45, 7) is 0.926. The van der Waals surface area contributed by atoms with Gasteiger partial charge in [-0.2, -0.15) is 5.10 Å². The molecule has 24 heavy (non-hydrogen) atoms. The molecule has 2 N–H and O–H groups in total. The predicted octanol–water partition coefficient (Wildman–Crippen LogP) is 1.17. The van der Waals surface area contributed by atoms with E-state index in [1.165, 1.54) is 6.33 Å². The maximum atomic E-state index is 12.3. The van der Waals surface area contributed by atoms with E-state index in [4.69, 9.17) is 16.0 Å². The number of benzene rings is 1. The summed E-state index contributed by atoms with van der Waals surface area (Å²) in [5.41, 5.74) is 1.29. The molecular formula is C16H17ClN5O2+. The molecule has 3 aromatic rings. The van der Waals surface area contributed by atoms with Crippen LogP contribution in [0.4, 0.5) is 5.69 Å². The number of furan rings is 1. The summed E-state index contributed by atoms with van der Waals surface area (Å²) in [5.74, 6) is 0.717.